The van der Waals surface area contributed by atoms with Gasteiger partial charge in [0.25, 0.3) is 0 Å². The first-order valence-electron chi connectivity index (χ1n) is 7.61. The molecule has 0 aliphatic heterocycles. The van der Waals surface area contributed by atoms with Crippen LogP contribution in [0.3, 0.4) is 0 Å². The van der Waals surface area contributed by atoms with Crippen molar-refractivity contribution in [2.24, 2.45) is 0 Å². The standard InChI is InChI=1S/C18H13F3N4/c1-10-15-16(25-24-10)13-4-2-3-5-14(13)23-17(15)22-12-8-6-11(7-9-12)18(19,20)21/h2-9H,1H3,(H,22,23)(H,24,25). The Morgan fingerprint density at radius 1 is 1.00 bits per heavy atom. The second-order valence-electron chi connectivity index (χ2n) is 5.74. The van der Waals surface area contributed by atoms with Crippen LogP contribution in [0.25, 0.3) is 21.8 Å². The van der Waals surface area contributed by atoms with Crippen LogP contribution in [0.5, 0.6) is 0 Å². The van der Waals surface area contributed by atoms with Gasteiger partial charge >= 0.3 is 6.18 Å². The summed E-state index contributed by atoms with van der Waals surface area (Å²) in [6, 6.07) is 12.5. The molecule has 0 bridgehead atoms. The van der Waals surface area contributed by atoms with Gasteiger partial charge in [0.2, 0.25) is 0 Å². The molecule has 4 nitrogen and oxygen atoms in total. The number of aryl methyl sites for hydroxylation is 1. The van der Waals surface area contributed by atoms with E-state index in [1.807, 2.05) is 31.2 Å². The first-order chi connectivity index (χ1) is 11.9. The Kier molecular flexibility index (Phi) is 3.38. The van der Waals surface area contributed by atoms with E-state index < -0.39 is 11.7 Å². The first kappa shape index (κ1) is 15.4. The Morgan fingerprint density at radius 2 is 1.72 bits per heavy atom. The van der Waals surface area contributed by atoms with E-state index in [2.05, 4.69) is 20.5 Å². The lowest BCUT2D eigenvalue weighted by atomic mass is 10.1. The van der Waals surface area contributed by atoms with Crippen LogP contribution in [0, 0.1) is 6.92 Å². The molecule has 0 amide bonds. The summed E-state index contributed by atoms with van der Waals surface area (Å²) in [5.41, 5.74) is 2.22. The molecule has 2 heterocycles. The Balaban J connectivity index is 1.81. The van der Waals surface area contributed by atoms with Crippen LogP contribution in [0.4, 0.5) is 24.7 Å². The van der Waals surface area contributed by atoms with Crippen LogP contribution in [0.15, 0.2) is 48.5 Å². The summed E-state index contributed by atoms with van der Waals surface area (Å²) in [5, 5.41) is 12.1. The van der Waals surface area contributed by atoms with Crippen molar-refractivity contribution in [3.05, 3.63) is 59.8 Å². The van der Waals surface area contributed by atoms with Crippen molar-refractivity contribution in [3.8, 4) is 0 Å². The van der Waals surface area contributed by atoms with E-state index in [-0.39, 0.29) is 0 Å². The molecule has 0 atom stereocenters. The van der Waals surface area contributed by atoms with E-state index >= 15 is 0 Å². The number of nitrogens with zero attached hydrogens (tertiary/aromatic N) is 2. The lowest BCUT2D eigenvalue weighted by molar-refractivity contribution is -0.137. The van der Waals surface area contributed by atoms with Crippen LogP contribution in [0.2, 0.25) is 0 Å². The number of anilines is 2. The number of aromatic amines is 1. The van der Waals surface area contributed by atoms with Crippen LogP contribution >= 0.6 is 0 Å². The maximum atomic E-state index is 12.7. The van der Waals surface area contributed by atoms with E-state index in [4.69, 9.17) is 0 Å². The van der Waals surface area contributed by atoms with E-state index in [0.717, 1.165) is 39.6 Å². The second-order valence-corrected chi connectivity index (χ2v) is 5.74. The Hall–Kier alpha value is -3.09. The van der Waals surface area contributed by atoms with Gasteiger partial charge in [0.1, 0.15) is 5.82 Å². The molecule has 0 spiro atoms. The summed E-state index contributed by atoms with van der Waals surface area (Å²) in [5.74, 6) is 0.555. The van der Waals surface area contributed by atoms with Gasteiger partial charge in [0.05, 0.1) is 27.7 Å². The number of aromatic nitrogens is 3. The van der Waals surface area contributed by atoms with Crippen LogP contribution in [-0.4, -0.2) is 15.2 Å². The lowest BCUT2D eigenvalue weighted by Gasteiger charge is -2.11. The highest BCUT2D eigenvalue weighted by molar-refractivity contribution is 6.09. The third-order valence-electron chi connectivity index (χ3n) is 4.06. The number of fused-ring (bicyclic) bond motifs is 3. The molecule has 2 aromatic heterocycles. The molecular formula is C18H13F3N4. The zero-order valence-electron chi connectivity index (χ0n) is 13.1. The minimum absolute atomic E-state index is 0.526. The molecule has 4 aromatic rings. The molecule has 25 heavy (non-hydrogen) atoms. The average Bonchev–Trinajstić information content (AvgIpc) is 2.97. The van der Waals surface area contributed by atoms with Crippen molar-refractivity contribution < 1.29 is 13.2 Å². The maximum absolute atomic E-state index is 12.7. The predicted octanol–water partition coefficient (Wildman–Crippen LogP) is 5.18. The molecular weight excluding hydrogens is 329 g/mol. The second kappa shape index (κ2) is 5.47. The SMILES string of the molecule is Cc1n[nH]c2c1c(Nc1ccc(C(F)(F)F)cc1)nc1ccccc12. The summed E-state index contributed by atoms with van der Waals surface area (Å²) >= 11 is 0. The highest BCUT2D eigenvalue weighted by Crippen LogP contribution is 2.33. The molecule has 7 heteroatoms. The molecule has 0 fully saturated rings. The van der Waals surface area contributed by atoms with Crippen LogP contribution < -0.4 is 5.32 Å². The number of pyridine rings is 1. The van der Waals surface area contributed by atoms with Gasteiger partial charge < -0.3 is 5.32 Å². The van der Waals surface area contributed by atoms with Crippen molar-refractivity contribution >= 4 is 33.3 Å². The maximum Gasteiger partial charge on any atom is 0.416 e. The average molecular weight is 342 g/mol. The molecule has 0 unspecified atom stereocenters. The Labute approximate surface area is 140 Å². The third-order valence-corrected chi connectivity index (χ3v) is 4.06. The van der Waals surface area contributed by atoms with Gasteiger partial charge in [-0.25, -0.2) is 4.98 Å². The van der Waals surface area contributed by atoms with Crippen molar-refractivity contribution in [3.63, 3.8) is 0 Å². The van der Waals surface area contributed by atoms with Gasteiger partial charge in [-0.3, -0.25) is 5.10 Å². The van der Waals surface area contributed by atoms with Crippen molar-refractivity contribution in [2.75, 3.05) is 5.32 Å². The summed E-state index contributed by atoms with van der Waals surface area (Å²) in [4.78, 5) is 4.61. The number of H-pyrrole nitrogens is 1. The molecule has 2 aromatic carbocycles. The molecule has 0 radical (unpaired) electrons. The van der Waals surface area contributed by atoms with Crippen molar-refractivity contribution in [1.29, 1.82) is 0 Å². The van der Waals surface area contributed by atoms with Crippen LogP contribution in [-0.2, 0) is 6.18 Å². The lowest BCUT2D eigenvalue weighted by Crippen LogP contribution is -2.04. The molecule has 4 rings (SSSR count). The van der Waals surface area contributed by atoms with E-state index in [9.17, 15) is 13.2 Å². The fraction of sp³-hybridized carbons (Fsp3) is 0.111. The van der Waals surface area contributed by atoms with Crippen molar-refractivity contribution in [2.45, 2.75) is 13.1 Å². The summed E-state index contributed by atoms with van der Waals surface area (Å²) < 4.78 is 38.1. The predicted molar refractivity (Wildman–Crippen MR) is 90.9 cm³/mol. The molecule has 0 aliphatic carbocycles. The van der Waals surface area contributed by atoms with Crippen LogP contribution in [0.1, 0.15) is 11.3 Å². The molecule has 126 valence electrons. The smallest absolute Gasteiger partial charge is 0.340 e. The van der Waals surface area contributed by atoms with Gasteiger partial charge in [-0.15, -0.1) is 0 Å². The number of alkyl halides is 3. The number of benzene rings is 2. The summed E-state index contributed by atoms with van der Waals surface area (Å²) in [7, 11) is 0. The normalized spacial score (nSPS) is 12.0. The van der Waals surface area contributed by atoms with E-state index in [1.165, 1.54) is 12.1 Å². The third kappa shape index (κ3) is 2.67. The number of hydrogen-bond donors (Lipinski definition) is 2. The quantitative estimate of drug-likeness (QED) is 0.528. The largest absolute Gasteiger partial charge is 0.416 e. The monoisotopic (exact) mass is 342 g/mol. The molecule has 0 saturated carbocycles. The summed E-state index contributed by atoms with van der Waals surface area (Å²) in [6.07, 6.45) is -4.35. The van der Waals surface area contributed by atoms with E-state index in [0.29, 0.717) is 11.5 Å². The van der Waals surface area contributed by atoms with Gasteiger partial charge in [-0.1, -0.05) is 18.2 Å². The highest BCUT2D eigenvalue weighted by Gasteiger charge is 2.30. The first-order valence-corrected chi connectivity index (χ1v) is 7.61. The summed E-state index contributed by atoms with van der Waals surface area (Å²) in [6.45, 7) is 1.85. The van der Waals surface area contributed by atoms with Gasteiger partial charge in [-0.2, -0.15) is 18.3 Å². The highest BCUT2D eigenvalue weighted by atomic mass is 19.4. The number of hydrogen-bond acceptors (Lipinski definition) is 3. The number of rotatable bonds is 2. The van der Waals surface area contributed by atoms with E-state index in [1.54, 1.807) is 0 Å². The van der Waals surface area contributed by atoms with Gasteiger partial charge in [0, 0.05) is 11.1 Å². The minimum Gasteiger partial charge on any atom is -0.340 e. The Bertz CT molecular complexity index is 1070. The Morgan fingerprint density at radius 3 is 2.44 bits per heavy atom. The topological polar surface area (TPSA) is 53.6 Å². The molecule has 0 saturated heterocycles. The van der Waals surface area contributed by atoms with Gasteiger partial charge in [0.15, 0.2) is 0 Å². The molecule has 2 N–H and O–H groups in total. The van der Waals surface area contributed by atoms with Gasteiger partial charge in [-0.05, 0) is 37.3 Å². The number of nitrogens with one attached hydrogen (secondary N) is 2. The fourth-order valence-corrected chi connectivity index (χ4v) is 2.85. The number of para-hydroxylation sites is 1. The number of halogens is 3. The van der Waals surface area contributed by atoms with Crippen molar-refractivity contribution in [1.82, 2.24) is 15.2 Å². The fourth-order valence-electron chi connectivity index (χ4n) is 2.85. The molecule has 0 aliphatic rings. The zero-order chi connectivity index (χ0) is 17.6. The zero-order valence-corrected chi connectivity index (χ0v) is 13.1. The minimum atomic E-state index is -4.35.